The van der Waals surface area contributed by atoms with Crippen molar-refractivity contribution in [2.45, 2.75) is 33.6 Å². The molecule has 2 aliphatic rings. The summed E-state index contributed by atoms with van der Waals surface area (Å²) in [6, 6.07) is 11.4. The largest absolute Gasteiger partial charge is 0.513 e. The maximum atomic E-state index is 13.7. The van der Waals surface area contributed by atoms with Crippen molar-refractivity contribution in [3.8, 4) is 0 Å². The number of carbonyl (C=O) groups excluding carboxylic acids is 4. The van der Waals surface area contributed by atoms with Gasteiger partial charge in [0.25, 0.3) is 0 Å². The van der Waals surface area contributed by atoms with Gasteiger partial charge in [0.2, 0.25) is 0 Å². The fourth-order valence-electron chi connectivity index (χ4n) is 3.93. The average Bonchev–Trinajstić information content (AvgIpc) is 2.85. The van der Waals surface area contributed by atoms with Gasteiger partial charge in [-0.3, -0.25) is 9.59 Å². The van der Waals surface area contributed by atoms with E-state index in [-0.39, 0.29) is 58.1 Å². The van der Waals surface area contributed by atoms with Gasteiger partial charge >= 0.3 is 12.3 Å². The minimum Gasteiger partial charge on any atom is -0.434 e. The Morgan fingerprint density at radius 1 is 0.686 bits per heavy atom. The molecule has 0 spiro atoms. The van der Waals surface area contributed by atoms with E-state index in [0.717, 1.165) is 5.56 Å². The predicted octanol–water partition coefficient (Wildman–Crippen LogP) is 5.64. The minimum absolute atomic E-state index is 0.123. The summed E-state index contributed by atoms with van der Waals surface area (Å²) in [5.74, 6) is -1.33. The lowest BCUT2D eigenvalue weighted by Crippen LogP contribution is -2.29. The second kappa shape index (κ2) is 9.97. The molecule has 0 radical (unpaired) electrons. The van der Waals surface area contributed by atoms with Crippen LogP contribution in [0.25, 0.3) is 11.5 Å². The Hall–Kier alpha value is -4.20. The van der Waals surface area contributed by atoms with Crippen molar-refractivity contribution in [3.05, 3.63) is 81.4 Å². The molecular formula is C27H24O8. The van der Waals surface area contributed by atoms with Gasteiger partial charge in [-0.25, -0.2) is 9.59 Å². The van der Waals surface area contributed by atoms with Crippen LogP contribution in [0, 0.1) is 6.92 Å². The predicted molar refractivity (Wildman–Crippen MR) is 126 cm³/mol. The monoisotopic (exact) mass is 476 g/mol. The van der Waals surface area contributed by atoms with E-state index in [0.29, 0.717) is 12.8 Å². The summed E-state index contributed by atoms with van der Waals surface area (Å²) in [4.78, 5) is 52.2. The van der Waals surface area contributed by atoms with Crippen LogP contribution in [-0.4, -0.2) is 37.1 Å². The SMILES string of the molecule is CCCOC(=O)OC1=C2C(=O)c3ccc(C)cc3C(OC(=O)OCCC)=C2C(=O)c2ccccc21. The van der Waals surface area contributed by atoms with Crippen LogP contribution < -0.4 is 0 Å². The molecule has 4 rings (SSSR count). The topological polar surface area (TPSA) is 105 Å². The van der Waals surface area contributed by atoms with E-state index >= 15 is 0 Å². The second-order valence-corrected chi connectivity index (χ2v) is 8.06. The number of allylic oxidation sites excluding steroid dienone is 2. The zero-order valence-electron chi connectivity index (χ0n) is 19.6. The summed E-state index contributed by atoms with van der Waals surface area (Å²) < 4.78 is 21.2. The molecule has 0 aromatic heterocycles. The number of rotatable bonds is 6. The van der Waals surface area contributed by atoms with Crippen LogP contribution in [0.1, 0.15) is 64.1 Å². The molecule has 2 aliphatic carbocycles. The van der Waals surface area contributed by atoms with Gasteiger partial charge in [-0.05, 0) is 25.8 Å². The number of ketones is 2. The maximum Gasteiger partial charge on any atom is 0.513 e. The minimum atomic E-state index is -1.01. The molecule has 0 bridgehead atoms. The van der Waals surface area contributed by atoms with Crippen molar-refractivity contribution in [1.82, 2.24) is 0 Å². The number of Topliss-reactive ketones (excluding diaryl/α,β-unsaturated/α-hetero) is 2. The molecule has 0 saturated heterocycles. The molecule has 0 atom stereocenters. The Morgan fingerprint density at radius 2 is 1.17 bits per heavy atom. The lowest BCUT2D eigenvalue weighted by atomic mass is 9.76. The highest BCUT2D eigenvalue weighted by Gasteiger charge is 2.43. The maximum absolute atomic E-state index is 13.7. The van der Waals surface area contributed by atoms with Crippen LogP contribution in [0.4, 0.5) is 9.59 Å². The highest BCUT2D eigenvalue weighted by molar-refractivity contribution is 6.34. The molecule has 0 amide bonds. The van der Waals surface area contributed by atoms with Crippen LogP contribution in [0.5, 0.6) is 0 Å². The highest BCUT2D eigenvalue weighted by Crippen LogP contribution is 2.45. The molecule has 0 saturated carbocycles. The van der Waals surface area contributed by atoms with E-state index in [9.17, 15) is 19.2 Å². The van der Waals surface area contributed by atoms with Crippen LogP contribution in [0.3, 0.4) is 0 Å². The van der Waals surface area contributed by atoms with Crippen molar-refractivity contribution in [2.75, 3.05) is 13.2 Å². The van der Waals surface area contributed by atoms with Gasteiger partial charge in [-0.15, -0.1) is 0 Å². The Kier molecular flexibility index (Phi) is 6.82. The number of ether oxygens (including phenoxy) is 4. The van der Waals surface area contributed by atoms with Crippen LogP contribution in [0.15, 0.2) is 53.6 Å². The summed E-state index contributed by atoms with van der Waals surface area (Å²) >= 11 is 0. The Morgan fingerprint density at radius 3 is 1.71 bits per heavy atom. The van der Waals surface area contributed by atoms with Gasteiger partial charge in [-0.2, -0.15) is 0 Å². The zero-order valence-corrected chi connectivity index (χ0v) is 19.6. The van der Waals surface area contributed by atoms with Crippen molar-refractivity contribution in [2.24, 2.45) is 0 Å². The molecular weight excluding hydrogens is 452 g/mol. The summed E-state index contributed by atoms with van der Waals surface area (Å²) in [5.41, 5.74) is 1.38. The first-order chi connectivity index (χ1) is 16.9. The third-order valence-electron chi connectivity index (χ3n) is 5.46. The lowest BCUT2D eigenvalue weighted by molar-refractivity contribution is 0.0855. The van der Waals surface area contributed by atoms with E-state index < -0.39 is 23.9 Å². The van der Waals surface area contributed by atoms with Crippen molar-refractivity contribution >= 4 is 35.4 Å². The molecule has 0 fully saturated rings. The normalized spacial score (nSPS) is 14.1. The molecule has 0 aliphatic heterocycles. The number of hydrogen-bond donors (Lipinski definition) is 0. The first kappa shape index (κ1) is 23.9. The van der Waals surface area contributed by atoms with Gasteiger partial charge < -0.3 is 18.9 Å². The molecule has 0 N–H and O–H groups in total. The molecule has 8 heteroatoms. The Labute approximate surface area is 202 Å². The molecule has 8 nitrogen and oxygen atoms in total. The number of fused-ring (bicyclic) bond motifs is 3. The summed E-state index contributed by atoms with van der Waals surface area (Å²) in [6.07, 6.45) is -0.868. The smallest absolute Gasteiger partial charge is 0.434 e. The van der Waals surface area contributed by atoms with Gasteiger partial charge in [0.05, 0.1) is 24.4 Å². The van der Waals surface area contributed by atoms with Gasteiger partial charge in [0.15, 0.2) is 23.1 Å². The Bertz CT molecular complexity index is 1300. The number of hydrogen-bond acceptors (Lipinski definition) is 8. The number of aryl methyl sites for hydroxylation is 1. The van der Waals surface area contributed by atoms with Crippen molar-refractivity contribution in [3.63, 3.8) is 0 Å². The van der Waals surface area contributed by atoms with Gasteiger partial charge in [-0.1, -0.05) is 55.8 Å². The van der Waals surface area contributed by atoms with E-state index in [1.807, 2.05) is 20.8 Å². The summed E-state index contributed by atoms with van der Waals surface area (Å²) in [6.45, 7) is 5.72. The van der Waals surface area contributed by atoms with E-state index in [2.05, 4.69) is 0 Å². The van der Waals surface area contributed by atoms with Crippen LogP contribution in [0.2, 0.25) is 0 Å². The number of carbonyl (C=O) groups is 4. The molecule has 35 heavy (non-hydrogen) atoms. The van der Waals surface area contributed by atoms with Crippen LogP contribution in [-0.2, 0) is 18.9 Å². The van der Waals surface area contributed by atoms with Gasteiger partial charge in [0, 0.05) is 22.3 Å². The molecule has 0 heterocycles. The Balaban J connectivity index is 1.98. The van der Waals surface area contributed by atoms with Crippen molar-refractivity contribution in [1.29, 1.82) is 0 Å². The van der Waals surface area contributed by atoms with E-state index in [1.165, 1.54) is 0 Å². The van der Waals surface area contributed by atoms with Crippen LogP contribution >= 0.6 is 0 Å². The fraction of sp³-hybridized carbons (Fsp3) is 0.259. The van der Waals surface area contributed by atoms with E-state index in [4.69, 9.17) is 18.9 Å². The first-order valence-electron chi connectivity index (χ1n) is 11.3. The third kappa shape index (κ3) is 4.47. The molecule has 180 valence electrons. The lowest BCUT2D eigenvalue weighted by Gasteiger charge is -2.29. The quantitative estimate of drug-likeness (QED) is 0.494. The van der Waals surface area contributed by atoms with Gasteiger partial charge in [0.1, 0.15) is 0 Å². The highest BCUT2D eigenvalue weighted by atomic mass is 16.7. The first-order valence-corrected chi connectivity index (χ1v) is 11.3. The standard InChI is InChI=1S/C27H24O8/c1-4-12-32-26(30)34-24-18-9-7-6-8-16(18)22(28)21-20(24)23(29)17-11-10-15(3)14-19(17)25(21)35-27(31)33-13-5-2/h6-11,14H,4-5,12-13H2,1-3H3. The average molecular weight is 476 g/mol. The van der Waals surface area contributed by atoms with Crippen molar-refractivity contribution < 1.29 is 38.1 Å². The van der Waals surface area contributed by atoms with E-state index in [1.54, 1.807) is 42.5 Å². The second-order valence-electron chi connectivity index (χ2n) is 8.06. The number of benzene rings is 2. The zero-order chi connectivity index (χ0) is 25.1. The molecule has 2 aromatic carbocycles. The summed E-state index contributed by atoms with van der Waals surface area (Å²) in [7, 11) is 0. The molecule has 2 aromatic rings. The summed E-state index contributed by atoms with van der Waals surface area (Å²) in [5, 5.41) is 0. The molecule has 0 unspecified atom stereocenters. The third-order valence-corrected chi connectivity index (χ3v) is 5.46. The fourth-order valence-corrected chi connectivity index (χ4v) is 3.93.